The molecule has 2 aliphatic rings. The molecule has 4 heterocycles. The molecule has 0 saturated carbocycles. The van der Waals surface area contributed by atoms with Crippen molar-refractivity contribution in [3.63, 3.8) is 0 Å². The number of rotatable bonds is 3. The van der Waals surface area contributed by atoms with Crippen LogP contribution < -0.4 is 0 Å². The smallest absolute Gasteiger partial charge is 0.180 e. The first kappa shape index (κ1) is 28.6. The van der Waals surface area contributed by atoms with Crippen LogP contribution in [-0.4, -0.2) is 19.5 Å². The summed E-state index contributed by atoms with van der Waals surface area (Å²) in [6.07, 6.45) is 0. The number of nitrogens with zero attached hydrogens (tertiary/aromatic N) is 4. The number of aromatic nitrogens is 4. The Bertz CT molecular complexity index is 3090. The highest BCUT2D eigenvalue weighted by Crippen LogP contribution is 2.60. The topological polar surface area (TPSA) is 56.7 Å². The van der Waals surface area contributed by atoms with Gasteiger partial charge in [-0.05, 0) is 81.4 Å². The zero-order valence-electron chi connectivity index (χ0n) is 28.4. The van der Waals surface area contributed by atoms with Gasteiger partial charge in [-0.15, -0.1) is 0 Å². The van der Waals surface area contributed by atoms with Crippen LogP contribution in [0.5, 0.6) is 0 Å². The van der Waals surface area contributed by atoms with Crippen LogP contribution in [0.1, 0.15) is 22.5 Å². The molecule has 0 fully saturated rings. The molecule has 12 rings (SSSR count). The van der Waals surface area contributed by atoms with Crippen LogP contribution in [0, 0.1) is 0 Å². The molecule has 246 valence electrons. The van der Waals surface area contributed by atoms with E-state index in [9.17, 15) is 0 Å². The van der Waals surface area contributed by atoms with Crippen molar-refractivity contribution in [3.8, 4) is 50.6 Å². The molecule has 1 spiro atoms. The molecule has 0 amide bonds. The van der Waals surface area contributed by atoms with Crippen LogP contribution in [-0.2, 0) is 5.41 Å². The van der Waals surface area contributed by atoms with Gasteiger partial charge in [-0.1, -0.05) is 127 Å². The van der Waals surface area contributed by atoms with E-state index in [1.165, 1.54) is 27.8 Å². The zero-order chi connectivity index (χ0) is 34.7. The van der Waals surface area contributed by atoms with E-state index in [1.54, 1.807) is 0 Å². The molecule has 0 unspecified atom stereocenters. The Morgan fingerprint density at radius 2 is 1.17 bits per heavy atom. The number of hydrogen-bond acceptors (Lipinski definition) is 4. The molecule has 0 atom stereocenters. The summed E-state index contributed by atoms with van der Waals surface area (Å²) in [5.74, 6) is 1.70. The van der Waals surface area contributed by atoms with Gasteiger partial charge in [0, 0.05) is 16.5 Å². The second kappa shape index (κ2) is 10.5. The van der Waals surface area contributed by atoms with Crippen LogP contribution in [0.25, 0.3) is 83.7 Å². The van der Waals surface area contributed by atoms with Crippen molar-refractivity contribution in [1.82, 2.24) is 19.5 Å². The summed E-state index contributed by atoms with van der Waals surface area (Å²) in [6.45, 7) is 0. The van der Waals surface area contributed by atoms with Gasteiger partial charge in [-0.2, -0.15) is 0 Å². The van der Waals surface area contributed by atoms with Gasteiger partial charge in [0.05, 0.1) is 16.7 Å². The van der Waals surface area contributed by atoms with Gasteiger partial charge in [0.15, 0.2) is 11.4 Å². The highest BCUT2D eigenvalue weighted by molar-refractivity contribution is 6.07. The fourth-order valence-corrected chi connectivity index (χ4v) is 8.97. The fourth-order valence-electron chi connectivity index (χ4n) is 8.97. The monoisotopic (exact) mass is 676 g/mol. The Morgan fingerprint density at radius 1 is 0.491 bits per heavy atom. The first-order valence-corrected chi connectivity index (χ1v) is 18.0. The van der Waals surface area contributed by atoms with Crippen molar-refractivity contribution in [1.29, 1.82) is 0 Å². The summed E-state index contributed by atoms with van der Waals surface area (Å²) in [6, 6.07) is 60.0. The van der Waals surface area contributed by atoms with E-state index < -0.39 is 5.41 Å². The Balaban J connectivity index is 1.08. The highest BCUT2D eigenvalue weighted by atomic mass is 16.3. The Kier molecular flexibility index (Phi) is 5.64. The molecular weight excluding hydrogens is 649 g/mol. The molecule has 0 radical (unpaired) electrons. The van der Waals surface area contributed by atoms with Crippen molar-refractivity contribution in [3.05, 3.63) is 192 Å². The molecule has 53 heavy (non-hydrogen) atoms. The normalized spacial score (nSPS) is 13.4. The Morgan fingerprint density at radius 3 is 2.02 bits per heavy atom. The predicted molar refractivity (Wildman–Crippen MR) is 211 cm³/mol. The van der Waals surface area contributed by atoms with Crippen molar-refractivity contribution in [2.45, 2.75) is 5.41 Å². The van der Waals surface area contributed by atoms with Gasteiger partial charge in [0.25, 0.3) is 0 Å². The molecule has 0 saturated heterocycles. The summed E-state index contributed by atoms with van der Waals surface area (Å²) in [5.41, 5.74) is 16.3. The Labute approximate surface area is 304 Å². The minimum Gasteiger partial charge on any atom is -0.452 e. The fraction of sp³-hybridized carbons (Fsp3) is 0.0208. The lowest BCUT2D eigenvalue weighted by Crippen LogP contribution is -2.27. The van der Waals surface area contributed by atoms with Crippen molar-refractivity contribution in [2.75, 3.05) is 0 Å². The lowest BCUT2D eigenvalue weighted by atomic mass is 9.72. The molecule has 5 nitrogen and oxygen atoms in total. The van der Waals surface area contributed by atoms with Crippen LogP contribution >= 0.6 is 0 Å². The second-order valence-electron chi connectivity index (χ2n) is 14.0. The molecule has 7 aromatic carbocycles. The van der Waals surface area contributed by atoms with E-state index in [-0.39, 0.29) is 0 Å². The summed E-state index contributed by atoms with van der Waals surface area (Å²) >= 11 is 0. The third-order valence-electron chi connectivity index (χ3n) is 11.2. The molecule has 3 aromatic heterocycles. The van der Waals surface area contributed by atoms with Crippen molar-refractivity contribution < 1.29 is 4.42 Å². The van der Waals surface area contributed by atoms with E-state index in [0.717, 1.165) is 67.0 Å². The minimum absolute atomic E-state index is 0.559. The number of hydrogen-bond donors (Lipinski definition) is 0. The quantitative estimate of drug-likeness (QED) is 0.187. The van der Waals surface area contributed by atoms with Gasteiger partial charge in [-0.25, -0.2) is 15.0 Å². The largest absolute Gasteiger partial charge is 0.452 e. The molecule has 10 aromatic rings. The SMILES string of the molecule is c1ccc(-c2nc(-c3cccc(-c4ccc5c(c4)C4(c6ccccc6-c6ccccc64)c4nc6ccccc6n4-5)c3)nc3c2oc2ccccc23)cc1. The number of furan rings is 1. The molecular formula is C48H28N4O. The molecule has 0 N–H and O–H groups in total. The Hall–Kier alpha value is -7.11. The first-order chi connectivity index (χ1) is 26.3. The maximum Gasteiger partial charge on any atom is 0.180 e. The van der Waals surface area contributed by atoms with E-state index in [2.05, 4.69) is 138 Å². The summed E-state index contributed by atoms with van der Waals surface area (Å²) in [5, 5.41) is 0.977. The van der Waals surface area contributed by atoms with E-state index in [4.69, 9.17) is 19.4 Å². The zero-order valence-corrected chi connectivity index (χ0v) is 28.4. The third-order valence-corrected chi connectivity index (χ3v) is 11.2. The maximum atomic E-state index is 6.38. The number of para-hydroxylation sites is 3. The molecule has 1 aliphatic heterocycles. The predicted octanol–water partition coefficient (Wildman–Crippen LogP) is 11.4. The van der Waals surface area contributed by atoms with Gasteiger partial charge >= 0.3 is 0 Å². The first-order valence-electron chi connectivity index (χ1n) is 18.0. The van der Waals surface area contributed by atoms with E-state index in [1.807, 2.05) is 36.4 Å². The third kappa shape index (κ3) is 3.78. The second-order valence-corrected chi connectivity index (χ2v) is 14.0. The summed E-state index contributed by atoms with van der Waals surface area (Å²) in [4.78, 5) is 15.7. The van der Waals surface area contributed by atoms with Gasteiger partial charge in [0.2, 0.25) is 0 Å². The van der Waals surface area contributed by atoms with Crippen molar-refractivity contribution >= 4 is 33.1 Å². The average molecular weight is 677 g/mol. The minimum atomic E-state index is -0.559. The number of fused-ring (bicyclic) bond motifs is 15. The van der Waals surface area contributed by atoms with Crippen LogP contribution in [0.4, 0.5) is 0 Å². The lowest BCUT2D eigenvalue weighted by Gasteiger charge is -2.27. The van der Waals surface area contributed by atoms with E-state index in [0.29, 0.717) is 11.4 Å². The highest BCUT2D eigenvalue weighted by Gasteiger charge is 2.54. The van der Waals surface area contributed by atoms with Crippen LogP contribution in [0.15, 0.2) is 174 Å². The van der Waals surface area contributed by atoms with Crippen LogP contribution in [0.2, 0.25) is 0 Å². The molecule has 0 bridgehead atoms. The summed E-state index contributed by atoms with van der Waals surface area (Å²) in [7, 11) is 0. The van der Waals surface area contributed by atoms with Crippen LogP contribution in [0.3, 0.4) is 0 Å². The van der Waals surface area contributed by atoms with E-state index >= 15 is 0 Å². The molecule has 5 heteroatoms. The molecule has 1 aliphatic carbocycles. The van der Waals surface area contributed by atoms with Gasteiger partial charge < -0.3 is 4.42 Å². The number of imidazole rings is 1. The average Bonchev–Trinajstić information content (AvgIpc) is 3.95. The van der Waals surface area contributed by atoms with Crippen molar-refractivity contribution in [2.24, 2.45) is 0 Å². The lowest BCUT2D eigenvalue weighted by molar-refractivity contribution is 0.667. The maximum absolute atomic E-state index is 6.38. The number of benzene rings is 7. The standard InChI is InChI=1S/C48H28N4O/c1-2-13-29(14-3-1)43-45-44(35-19-6-11-24-42(35)53-45)51-46(50-43)32-16-12-15-30(27-32)31-25-26-40-38(28-31)48(47-49-39-22-9-10-23-41(39)52(40)47)36-20-7-4-17-33(36)34-18-5-8-21-37(34)48/h1-28H. The van der Waals surface area contributed by atoms with Gasteiger partial charge in [-0.3, -0.25) is 4.57 Å². The van der Waals surface area contributed by atoms with Gasteiger partial charge in [0.1, 0.15) is 28.0 Å². The summed E-state index contributed by atoms with van der Waals surface area (Å²) < 4.78 is 8.76.